The van der Waals surface area contributed by atoms with Crippen LogP contribution >= 0.6 is 0 Å². The number of rotatable bonds is 8. The third kappa shape index (κ3) is 5.50. The third-order valence-electron chi connectivity index (χ3n) is 5.94. The number of aromatic nitrogens is 2. The SMILES string of the molecule is Cc1cc(OCCOC(=O)C2CCN(S(=O)(=O)c3cn(C)c(C)n3)CC2)ccc1C(C)C. The van der Waals surface area contributed by atoms with Crippen molar-refractivity contribution in [1.29, 1.82) is 0 Å². The molecule has 8 nitrogen and oxygen atoms in total. The Hall–Kier alpha value is -2.39. The van der Waals surface area contributed by atoms with Crippen molar-refractivity contribution < 1.29 is 22.7 Å². The molecule has 0 saturated carbocycles. The van der Waals surface area contributed by atoms with E-state index in [1.165, 1.54) is 21.6 Å². The average Bonchev–Trinajstić information content (AvgIpc) is 3.10. The molecule has 176 valence electrons. The molecule has 0 amide bonds. The lowest BCUT2D eigenvalue weighted by atomic mass is 9.98. The zero-order valence-corrected chi connectivity index (χ0v) is 20.3. The molecule has 0 atom stereocenters. The molecule has 1 aliphatic heterocycles. The molecule has 0 bridgehead atoms. The molecule has 0 N–H and O–H groups in total. The van der Waals surface area contributed by atoms with E-state index in [4.69, 9.17) is 9.47 Å². The molecule has 32 heavy (non-hydrogen) atoms. The summed E-state index contributed by atoms with van der Waals surface area (Å²) in [5, 5.41) is 0.0485. The molecule has 2 heterocycles. The van der Waals surface area contributed by atoms with Crippen LogP contribution in [0.2, 0.25) is 0 Å². The van der Waals surface area contributed by atoms with E-state index < -0.39 is 10.0 Å². The average molecular weight is 464 g/mol. The number of sulfonamides is 1. The molecule has 9 heteroatoms. The lowest BCUT2D eigenvalue weighted by Gasteiger charge is -2.29. The van der Waals surface area contributed by atoms with Crippen molar-refractivity contribution in [3.8, 4) is 5.75 Å². The van der Waals surface area contributed by atoms with Crippen LogP contribution in [-0.4, -0.2) is 54.5 Å². The minimum absolute atomic E-state index is 0.0485. The Kier molecular flexibility index (Phi) is 7.61. The molecular formula is C23H33N3O5S. The van der Waals surface area contributed by atoms with Crippen molar-refractivity contribution >= 4 is 16.0 Å². The molecular weight excluding hydrogens is 430 g/mol. The van der Waals surface area contributed by atoms with E-state index in [2.05, 4.69) is 31.8 Å². The van der Waals surface area contributed by atoms with Gasteiger partial charge in [-0.05, 0) is 55.9 Å². The minimum atomic E-state index is -3.65. The molecule has 1 fully saturated rings. The minimum Gasteiger partial charge on any atom is -0.490 e. The monoisotopic (exact) mass is 463 g/mol. The van der Waals surface area contributed by atoms with Gasteiger partial charge in [0.1, 0.15) is 24.8 Å². The molecule has 0 radical (unpaired) electrons. The number of nitrogens with zero attached hydrogens (tertiary/aromatic N) is 3. The fourth-order valence-electron chi connectivity index (χ4n) is 3.92. The van der Waals surface area contributed by atoms with E-state index >= 15 is 0 Å². The van der Waals surface area contributed by atoms with E-state index in [-0.39, 0.29) is 43.2 Å². The molecule has 2 aromatic rings. The number of hydrogen-bond acceptors (Lipinski definition) is 6. The summed E-state index contributed by atoms with van der Waals surface area (Å²) in [6.45, 7) is 9.11. The van der Waals surface area contributed by atoms with E-state index in [0.29, 0.717) is 24.6 Å². The molecule has 1 aliphatic rings. The fraction of sp³-hybridized carbons (Fsp3) is 0.565. The Balaban J connectivity index is 1.43. The van der Waals surface area contributed by atoms with Gasteiger partial charge in [-0.15, -0.1) is 0 Å². The van der Waals surface area contributed by atoms with Crippen molar-refractivity contribution in [3.63, 3.8) is 0 Å². The van der Waals surface area contributed by atoms with Crippen LogP contribution in [0.5, 0.6) is 5.75 Å². The van der Waals surface area contributed by atoms with Crippen LogP contribution in [0.4, 0.5) is 0 Å². The summed E-state index contributed by atoms with van der Waals surface area (Å²) >= 11 is 0. The highest BCUT2D eigenvalue weighted by atomic mass is 32.2. The quantitative estimate of drug-likeness (QED) is 0.441. The van der Waals surface area contributed by atoms with E-state index in [0.717, 1.165) is 5.75 Å². The molecule has 0 unspecified atom stereocenters. The van der Waals surface area contributed by atoms with Gasteiger partial charge in [0.2, 0.25) is 0 Å². The zero-order valence-electron chi connectivity index (χ0n) is 19.5. The van der Waals surface area contributed by atoms with Crippen LogP contribution in [0.25, 0.3) is 0 Å². The van der Waals surface area contributed by atoms with Crippen LogP contribution in [0.3, 0.4) is 0 Å². The first-order valence-corrected chi connectivity index (χ1v) is 12.4. The summed E-state index contributed by atoms with van der Waals surface area (Å²) in [6.07, 6.45) is 2.38. The molecule has 3 rings (SSSR count). The highest BCUT2D eigenvalue weighted by Crippen LogP contribution is 2.25. The van der Waals surface area contributed by atoms with Gasteiger partial charge in [-0.1, -0.05) is 19.9 Å². The Morgan fingerprint density at radius 3 is 2.44 bits per heavy atom. The van der Waals surface area contributed by atoms with Gasteiger partial charge >= 0.3 is 5.97 Å². The van der Waals surface area contributed by atoms with E-state index in [1.807, 2.05) is 12.1 Å². The number of aryl methyl sites for hydroxylation is 3. The lowest BCUT2D eigenvalue weighted by molar-refractivity contribution is -0.150. The van der Waals surface area contributed by atoms with Crippen molar-refractivity contribution in [2.24, 2.45) is 13.0 Å². The van der Waals surface area contributed by atoms with Crippen molar-refractivity contribution in [3.05, 3.63) is 41.3 Å². The van der Waals surface area contributed by atoms with Crippen LogP contribution in [0, 0.1) is 19.8 Å². The number of ether oxygens (including phenoxy) is 2. The molecule has 0 aliphatic carbocycles. The summed E-state index contributed by atoms with van der Waals surface area (Å²) in [7, 11) is -1.89. The summed E-state index contributed by atoms with van der Waals surface area (Å²) in [4.78, 5) is 16.5. The number of benzene rings is 1. The second-order valence-corrected chi connectivity index (χ2v) is 10.5. The normalized spacial score (nSPS) is 15.8. The van der Waals surface area contributed by atoms with Gasteiger partial charge < -0.3 is 14.0 Å². The van der Waals surface area contributed by atoms with E-state index in [9.17, 15) is 13.2 Å². The summed E-state index contributed by atoms with van der Waals surface area (Å²) < 4.78 is 39.7. The Labute approximate surface area is 190 Å². The largest absolute Gasteiger partial charge is 0.490 e. The van der Waals surface area contributed by atoms with Crippen molar-refractivity contribution in [1.82, 2.24) is 13.9 Å². The van der Waals surface area contributed by atoms with Crippen LogP contribution in [0.1, 0.15) is 49.6 Å². The highest BCUT2D eigenvalue weighted by Gasteiger charge is 2.34. The molecule has 1 aromatic heterocycles. The number of carbonyl (C=O) groups is 1. The fourth-order valence-corrected chi connectivity index (χ4v) is 5.41. The van der Waals surface area contributed by atoms with Crippen molar-refractivity contribution in [2.45, 2.75) is 51.5 Å². The van der Waals surface area contributed by atoms with Crippen LogP contribution < -0.4 is 4.74 Å². The Morgan fingerprint density at radius 2 is 1.88 bits per heavy atom. The van der Waals surface area contributed by atoms with E-state index in [1.54, 1.807) is 18.5 Å². The Morgan fingerprint density at radius 1 is 1.19 bits per heavy atom. The number of esters is 1. The highest BCUT2D eigenvalue weighted by molar-refractivity contribution is 7.89. The van der Waals surface area contributed by atoms with Gasteiger partial charge in [-0.3, -0.25) is 4.79 Å². The maximum absolute atomic E-state index is 12.8. The maximum atomic E-state index is 12.8. The molecule has 0 spiro atoms. The first-order valence-electron chi connectivity index (χ1n) is 11.0. The maximum Gasteiger partial charge on any atom is 0.309 e. The second kappa shape index (κ2) is 10.0. The van der Waals surface area contributed by atoms with Gasteiger partial charge in [-0.25, -0.2) is 13.4 Å². The summed E-state index contributed by atoms with van der Waals surface area (Å²) in [5.74, 6) is 1.24. The first kappa shape index (κ1) is 24.3. The topological polar surface area (TPSA) is 90.7 Å². The zero-order chi connectivity index (χ0) is 23.5. The number of imidazole rings is 1. The standard InChI is InChI=1S/C23H33N3O5S/c1-16(2)21-7-6-20(14-17(21)3)30-12-13-31-23(27)19-8-10-26(11-9-19)32(28,29)22-15-25(5)18(4)24-22/h6-7,14-16,19H,8-13H2,1-5H3. The van der Waals surface area contributed by atoms with Gasteiger partial charge in [0, 0.05) is 26.3 Å². The number of piperidine rings is 1. The number of carbonyl (C=O) groups excluding carboxylic acids is 1. The Bertz CT molecular complexity index is 1030. The van der Waals surface area contributed by atoms with Crippen LogP contribution in [-0.2, 0) is 26.6 Å². The van der Waals surface area contributed by atoms with Gasteiger partial charge in [-0.2, -0.15) is 4.31 Å². The first-order chi connectivity index (χ1) is 15.1. The second-order valence-electron chi connectivity index (χ2n) is 8.60. The predicted molar refractivity (Wildman–Crippen MR) is 121 cm³/mol. The van der Waals surface area contributed by atoms with Crippen LogP contribution in [0.15, 0.2) is 29.4 Å². The van der Waals surface area contributed by atoms with Crippen molar-refractivity contribution in [2.75, 3.05) is 26.3 Å². The van der Waals surface area contributed by atoms with Gasteiger partial charge in [0.15, 0.2) is 5.03 Å². The third-order valence-corrected chi connectivity index (χ3v) is 7.71. The van der Waals surface area contributed by atoms with Gasteiger partial charge in [0.05, 0.1) is 5.92 Å². The molecule has 1 aromatic carbocycles. The van der Waals surface area contributed by atoms with Gasteiger partial charge in [0.25, 0.3) is 10.0 Å². The summed E-state index contributed by atoms with van der Waals surface area (Å²) in [5.41, 5.74) is 2.47. The summed E-state index contributed by atoms with van der Waals surface area (Å²) in [6, 6.07) is 6.00. The predicted octanol–water partition coefficient (Wildman–Crippen LogP) is 3.18. The lowest BCUT2D eigenvalue weighted by Crippen LogP contribution is -2.40. The number of hydrogen-bond donors (Lipinski definition) is 0. The molecule has 1 saturated heterocycles. The smallest absolute Gasteiger partial charge is 0.309 e.